The Bertz CT molecular complexity index is 382. The van der Waals surface area contributed by atoms with Crippen LogP contribution in [-0.2, 0) is 4.79 Å². The molecule has 16 heavy (non-hydrogen) atoms. The van der Waals surface area contributed by atoms with E-state index in [1.165, 1.54) is 0 Å². The van der Waals surface area contributed by atoms with Crippen molar-refractivity contribution in [2.75, 3.05) is 11.9 Å². The van der Waals surface area contributed by atoms with E-state index in [9.17, 15) is 4.79 Å². The zero-order chi connectivity index (χ0) is 11.7. The fourth-order valence-corrected chi connectivity index (χ4v) is 1.51. The molecule has 4 heteroatoms. The molecule has 2 rings (SSSR count). The maximum absolute atomic E-state index is 11.8. The van der Waals surface area contributed by atoms with Gasteiger partial charge in [0.25, 0.3) is 0 Å². The van der Waals surface area contributed by atoms with Crippen molar-refractivity contribution in [1.82, 2.24) is 9.97 Å². The molecule has 1 saturated carbocycles. The number of amides is 1. The third-order valence-corrected chi connectivity index (χ3v) is 2.88. The highest BCUT2D eigenvalue weighted by atomic mass is 16.2. The lowest BCUT2D eigenvalue weighted by Gasteiger charge is -2.15. The monoisotopic (exact) mass is 219 g/mol. The maximum atomic E-state index is 11.8. The molecule has 1 amide bonds. The summed E-state index contributed by atoms with van der Waals surface area (Å²) in [7, 11) is 1.74. The van der Waals surface area contributed by atoms with Crippen LogP contribution in [0.1, 0.15) is 38.2 Å². The van der Waals surface area contributed by atoms with Crippen LogP contribution in [0.2, 0.25) is 0 Å². The minimum Gasteiger partial charge on any atom is -0.284 e. The number of carbonyl (C=O) groups excluding carboxylic acids is 1. The first kappa shape index (κ1) is 11.0. The second kappa shape index (κ2) is 4.20. The van der Waals surface area contributed by atoms with Crippen LogP contribution in [-0.4, -0.2) is 22.9 Å². The number of anilines is 1. The van der Waals surface area contributed by atoms with E-state index in [-0.39, 0.29) is 11.8 Å². The fourth-order valence-electron chi connectivity index (χ4n) is 1.51. The van der Waals surface area contributed by atoms with Crippen LogP contribution in [0.3, 0.4) is 0 Å². The highest BCUT2D eigenvalue weighted by molar-refractivity contribution is 5.94. The molecule has 0 aromatic carbocycles. The Hall–Kier alpha value is -1.45. The molecule has 86 valence electrons. The smallest absolute Gasteiger partial charge is 0.232 e. The van der Waals surface area contributed by atoms with Gasteiger partial charge in [0.1, 0.15) is 0 Å². The highest BCUT2D eigenvalue weighted by Gasteiger charge is 2.33. The molecule has 1 fully saturated rings. The molecule has 0 bridgehead atoms. The molecule has 0 radical (unpaired) electrons. The van der Waals surface area contributed by atoms with Crippen LogP contribution in [0.25, 0.3) is 0 Å². The second-order valence-electron chi connectivity index (χ2n) is 4.64. The Morgan fingerprint density at radius 3 is 2.38 bits per heavy atom. The van der Waals surface area contributed by atoms with Crippen LogP contribution in [0, 0.1) is 5.92 Å². The topological polar surface area (TPSA) is 46.1 Å². The van der Waals surface area contributed by atoms with Gasteiger partial charge in [0, 0.05) is 25.4 Å². The Morgan fingerprint density at radius 1 is 1.38 bits per heavy atom. The first-order chi connectivity index (χ1) is 7.59. The first-order valence-corrected chi connectivity index (χ1v) is 5.69. The van der Waals surface area contributed by atoms with Crippen LogP contribution >= 0.6 is 0 Å². The van der Waals surface area contributed by atoms with Gasteiger partial charge in [-0.2, -0.15) is 0 Å². The SMILES string of the molecule is CC(C)c1cnc(N(C)C(=O)C2CC2)nc1. The molecule has 1 aromatic heterocycles. The average molecular weight is 219 g/mol. The van der Waals surface area contributed by atoms with Gasteiger partial charge >= 0.3 is 0 Å². The van der Waals surface area contributed by atoms with Crippen molar-refractivity contribution in [1.29, 1.82) is 0 Å². The van der Waals surface area contributed by atoms with Crippen molar-refractivity contribution in [3.63, 3.8) is 0 Å². The highest BCUT2D eigenvalue weighted by Crippen LogP contribution is 2.31. The van der Waals surface area contributed by atoms with Gasteiger partial charge in [0.2, 0.25) is 11.9 Å². The van der Waals surface area contributed by atoms with Crippen LogP contribution in [0.5, 0.6) is 0 Å². The van der Waals surface area contributed by atoms with Crippen LogP contribution in [0.4, 0.5) is 5.95 Å². The van der Waals surface area contributed by atoms with E-state index < -0.39 is 0 Å². The lowest BCUT2D eigenvalue weighted by Crippen LogP contribution is -2.29. The quantitative estimate of drug-likeness (QED) is 0.780. The summed E-state index contributed by atoms with van der Waals surface area (Å²) >= 11 is 0. The van der Waals surface area contributed by atoms with Gasteiger partial charge in [0.05, 0.1) is 0 Å². The van der Waals surface area contributed by atoms with Gasteiger partial charge in [-0.05, 0) is 24.3 Å². The lowest BCUT2D eigenvalue weighted by molar-refractivity contribution is -0.119. The number of hydrogen-bond donors (Lipinski definition) is 0. The Morgan fingerprint density at radius 2 is 1.94 bits per heavy atom. The summed E-state index contributed by atoms with van der Waals surface area (Å²) in [6, 6.07) is 0. The third-order valence-electron chi connectivity index (χ3n) is 2.88. The maximum Gasteiger partial charge on any atom is 0.232 e. The predicted molar refractivity (Wildman–Crippen MR) is 62.3 cm³/mol. The van der Waals surface area contributed by atoms with Crippen molar-refractivity contribution in [3.8, 4) is 0 Å². The van der Waals surface area contributed by atoms with Crippen molar-refractivity contribution in [2.45, 2.75) is 32.6 Å². The van der Waals surface area contributed by atoms with E-state index >= 15 is 0 Å². The minimum atomic E-state index is 0.136. The zero-order valence-electron chi connectivity index (χ0n) is 9.97. The van der Waals surface area contributed by atoms with Gasteiger partial charge in [-0.1, -0.05) is 13.8 Å². The molecule has 0 unspecified atom stereocenters. The summed E-state index contributed by atoms with van der Waals surface area (Å²) in [6.45, 7) is 4.19. The molecule has 0 aliphatic heterocycles. The summed E-state index contributed by atoms with van der Waals surface area (Å²) < 4.78 is 0. The number of rotatable bonds is 3. The van der Waals surface area contributed by atoms with Gasteiger partial charge in [-0.15, -0.1) is 0 Å². The molecular weight excluding hydrogens is 202 g/mol. The summed E-state index contributed by atoms with van der Waals surface area (Å²) in [4.78, 5) is 21.8. The fraction of sp³-hybridized carbons (Fsp3) is 0.583. The molecule has 1 aromatic rings. The zero-order valence-corrected chi connectivity index (χ0v) is 9.97. The molecule has 4 nitrogen and oxygen atoms in total. The van der Waals surface area contributed by atoms with E-state index in [0.29, 0.717) is 11.9 Å². The Balaban J connectivity index is 2.11. The summed E-state index contributed by atoms with van der Waals surface area (Å²) in [5.41, 5.74) is 1.09. The molecule has 0 spiro atoms. The number of carbonyl (C=O) groups is 1. The van der Waals surface area contributed by atoms with Gasteiger partial charge in [0.15, 0.2) is 0 Å². The van der Waals surface area contributed by atoms with Crippen molar-refractivity contribution in [3.05, 3.63) is 18.0 Å². The van der Waals surface area contributed by atoms with Crippen molar-refractivity contribution < 1.29 is 4.79 Å². The minimum absolute atomic E-state index is 0.136. The molecule has 0 atom stereocenters. The van der Waals surface area contributed by atoms with Crippen molar-refractivity contribution >= 4 is 11.9 Å². The first-order valence-electron chi connectivity index (χ1n) is 5.69. The number of aromatic nitrogens is 2. The molecule has 1 aliphatic carbocycles. The number of hydrogen-bond acceptors (Lipinski definition) is 3. The van der Waals surface area contributed by atoms with Gasteiger partial charge < -0.3 is 0 Å². The molecule has 1 aliphatic rings. The lowest BCUT2D eigenvalue weighted by atomic mass is 10.1. The summed E-state index contributed by atoms with van der Waals surface area (Å²) in [5.74, 6) is 1.26. The molecule has 1 heterocycles. The standard InChI is InChI=1S/C12H17N3O/c1-8(2)10-6-13-12(14-7-10)15(3)11(16)9-4-5-9/h6-9H,4-5H2,1-3H3. The Kier molecular flexibility index (Phi) is 2.90. The van der Waals surface area contributed by atoms with Gasteiger partial charge in [-0.25, -0.2) is 9.97 Å². The predicted octanol–water partition coefficient (Wildman–Crippen LogP) is 1.97. The molecular formula is C12H17N3O. The molecule has 0 N–H and O–H groups in total. The molecule has 0 saturated heterocycles. The van der Waals surface area contributed by atoms with Crippen LogP contribution in [0.15, 0.2) is 12.4 Å². The van der Waals surface area contributed by atoms with E-state index in [0.717, 1.165) is 18.4 Å². The van der Waals surface area contributed by atoms with Gasteiger partial charge in [-0.3, -0.25) is 9.69 Å². The van der Waals surface area contributed by atoms with E-state index in [2.05, 4.69) is 23.8 Å². The van der Waals surface area contributed by atoms with E-state index in [4.69, 9.17) is 0 Å². The van der Waals surface area contributed by atoms with Crippen molar-refractivity contribution in [2.24, 2.45) is 5.92 Å². The summed E-state index contributed by atoms with van der Waals surface area (Å²) in [5, 5.41) is 0. The second-order valence-corrected chi connectivity index (χ2v) is 4.64. The Labute approximate surface area is 95.7 Å². The number of nitrogens with zero attached hydrogens (tertiary/aromatic N) is 3. The normalized spacial score (nSPS) is 15.2. The van der Waals surface area contributed by atoms with Crippen LogP contribution < -0.4 is 4.90 Å². The third kappa shape index (κ3) is 2.21. The summed E-state index contributed by atoms with van der Waals surface area (Å²) in [6.07, 6.45) is 5.61. The van der Waals surface area contributed by atoms with E-state index in [1.807, 2.05) is 0 Å². The average Bonchev–Trinajstić information content (AvgIpc) is 3.11. The largest absolute Gasteiger partial charge is 0.284 e. The van der Waals surface area contributed by atoms with E-state index in [1.54, 1.807) is 24.3 Å².